The van der Waals surface area contributed by atoms with Gasteiger partial charge in [0.05, 0.1) is 33.0 Å². The van der Waals surface area contributed by atoms with Crippen LogP contribution in [0.3, 0.4) is 0 Å². The number of furan rings is 1. The van der Waals surface area contributed by atoms with Gasteiger partial charge in [-0.1, -0.05) is 13.8 Å². The number of sulfone groups is 1. The summed E-state index contributed by atoms with van der Waals surface area (Å²) in [6.07, 6.45) is 1.50. The number of hydrogen-bond acceptors (Lipinski definition) is 5. The molecule has 2 aromatic heterocycles. The molecule has 2 heterocycles. The van der Waals surface area contributed by atoms with Gasteiger partial charge < -0.3 is 9.40 Å². The predicted molar refractivity (Wildman–Crippen MR) is 89.5 cm³/mol. The van der Waals surface area contributed by atoms with E-state index in [0.29, 0.717) is 22.4 Å². The average Bonchev–Trinajstić information content (AvgIpc) is 3.13. The van der Waals surface area contributed by atoms with Crippen LogP contribution in [0.4, 0.5) is 5.69 Å². The minimum Gasteiger partial charge on any atom is -0.463 e. The van der Waals surface area contributed by atoms with Gasteiger partial charge in [-0.2, -0.15) is 0 Å². The van der Waals surface area contributed by atoms with Crippen molar-refractivity contribution in [3.05, 3.63) is 46.7 Å². The quantitative estimate of drug-likeness (QED) is 0.558. The number of H-pyrrole nitrogens is 1. The van der Waals surface area contributed by atoms with Crippen LogP contribution in [0.25, 0.3) is 22.4 Å². The number of benzene rings is 1. The second-order valence-corrected chi connectivity index (χ2v) is 8.00. The van der Waals surface area contributed by atoms with Gasteiger partial charge in [0, 0.05) is 17.5 Å². The molecule has 0 spiro atoms. The highest BCUT2D eigenvalue weighted by molar-refractivity contribution is 7.91. The summed E-state index contributed by atoms with van der Waals surface area (Å²) in [5.41, 5.74) is 0.687. The van der Waals surface area contributed by atoms with Crippen molar-refractivity contribution in [2.75, 3.05) is 5.75 Å². The Balaban J connectivity index is 2.28. The second kappa shape index (κ2) is 5.79. The molecule has 0 aliphatic heterocycles. The zero-order chi connectivity index (χ0) is 17.5. The monoisotopic (exact) mass is 348 g/mol. The van der Waals surface area contributed by atoms with Gasteiger partial charge in [-0.25, -0.2) is 8.42 Å². The van der Waals surface area contributed by atoms with Gasteiger partial charge in [0.2, 0.25) is 0 Å². The van der Waals surface area contributed by atoms with E-state index in [1.807, 2.05) is 0 Å². The molecule has 0 aliphatic carbocycles. The van der Waals surface area contributed by atoms with Crippen LogP contribution >= 0.6 is 0 Å². The average molecular weight is 348 g/mol. The van der Waals surface area contributed by atoms with E-state index >= 15 is 0 Å². The molecule has 0 saturated carbocycles. The summed E-state index contributed by atoms with van der Waals surface area (Å²) in [6, 6.07) is 7.53. The third-order valence-electron chi connectivity index (χ3n) is 3.57. The van der Waals surface area contributed by atoms with Gasteiger partial charge in [-0.05, 0) is 24.1 Å². The molecule has 1 aromatic carbocycles. The highest BCUT2D eigenvalue weighted by Crippen LogP contribution is 2.33. The van der Waals surface area contributed by atoms with Crippen LogP contribution in [0.2, 0.25) is 0 Å². The third kappa shape index (κ3) is 2.92. The first kappa shape index (κ1) is 16.3. The normalized spacial score (nSPS) is 12.1. The maximum absolute atomic E-state index is 12.7. The van der Waals surface area contributed by atoms with Crippen molar-refractivity contribution >= 4 is 26.4 Å². The lowest BCUT2D eigenvalue weighted by atomic mass is 10.2. The van der Waals surface area contributed by atoms with Crippen LogP contribution in [0.1, 0.15) is 13.8 Å². The smallest absolute Gasteiger partial charge is 0.272 e. The molecule has 8 heteroatoms. The predicted octanol–water partition coefficient (Wildman–Crippen LogP) is 3.77. The van der Waals surface area contributed by atoms with Gasteiger partial charge in [0.1, 0.15) is 5.76 Å². The van der Waals surface area contributed by atoms with Crippen molar-refractivity contribution < 1.29 is 17.8 Å². The maximum Gasteiger partial charge on any atom is 0.272 e. The number of nitrogens with one attached hydrogen (secondary N) is 1. The number of hydrogen-bond donors (Lipinski definition) is 1. The number of aromatic nitrogens is 1. The number of aromatic amines is 1. The largest absolute Gasteiger partial charge is 0.463 e. The Hall–Kier alpha value is -2.61. The number of fused-ring (bicyclic) bond motifs is 1. The first-order chi connectivity index (χ1) is 11.3. The number of rotatable bonds is 5. The summed E-state index contributed by atoms with van der Waals surface area (Å²) in [4.78, 5) is 13.5. The van der Waals surface area contributed by atoms with E-state index < -0.39 is 14.8 Å². The van der Waals surface area contributed by atoms with E-state index in [1.54, 1.807) is 32.0 Å². The van der Waals surface area contributed by atoms with Crippen LogP contribution in [0.15, 0.2) is 45.9 Å². The standard InChI is InChI=1S/C16H16N2O5S/c1-10(2)9-24(21,22)16-7-11(18(19)20)6-13-12(16)8-14(17-13)15-4-3-5-23-15/h3-8,10,17H,9H2,1-2H3. The van der Waals surface area contributed by atoms with Crippen LogP contribution < -0.4 is 0 Å². The molecule has 0 amide bonds. The Kier molecular flexibility index (Phi) is 3.92. The van der Waals surface area contributed by atoms with Gasteiger partial charge in [-0.15, -0.1) is 0 Å². The molecule has 0 saturated heterocycles. The minimum atomic E-state index is -3.65. The first-order valence-electron chi connectivity index (χ1n) is 7.36. The van der Waals surface area contributed by atoms with Crippen LogP contribution in [-0.2, 0) is 9.84 Å². The third-order valence-corrected chi connectivity index (χ3v) is 5.68. The van der Waals surface area contributed by atoms with Crippen molar-refractivity contribution in [3.63, 3.8) is 0 Å². The Morgan fingerprint density at radius 1 is 1.29 bits per heavy atom. The Bertz CT molecular complexity index is 1000. The van der Waals surface area contributed by atoms with Crippen LogP contribution in [-0.4, -0.2) is 24.1 Å². The van der Waals surface area contributed by atoms with E-state index in [2.05, 4.69) is 4.98 Å². The fourth-order valence-electron chi connectivity index (χ4n) is 2.65. The van der Waals surface area contributed by atoms with E-state index in [0.717, 1.165) is 6.07 Å². The van der Waals surface area contributed by atoms with Crippen molar-refractivity contribution in [1.29, 1.82) is 0 Å². The summed E-state index contributed by atoms with van der Waals surface area (Å²) >= 11 is 0. The van der Waals surface area contributed by atoms with Gasteiger partial charge >= 0.3 is 0 Å². The van der Waals surface area contributed by atoms with Crippen molar-refractivity contribution in [2.24, 2.45) is 5.92 Å². The maximum atomic E-state index is 12.7. The lowest BCUT2D eigenvalue weighted by Crippen LogP contribution is -2.12. The second-order valence-electron chi connectivity index (χ2n) is 6.00. The molecule has 0 atom stereocenters. The highest BCUT2D eigenvalue weighted by Gasteiger charge is 2.24. The number of nitro groups is 1. The Morgan fingerprint density at radius 3 is 2.62 bits per heavy atom. The molecule has 24 heavy (non-hydrogen) atoms. The molecule has 7 nitrogen and oxygen atoms in total. The molecule has 0 radical (unpaired) electrons. The lowest BCUT2D eigenvalue weighted by molar-refractivity contribution is -0.384. The molecule has 3 rings (SSSR count). The molecule has 1 N–H and O–H groups in total. The van der Waals surface area contributed by atoms with E-state index in [1.165, 1.54) is 12.3 Å². The highest BCUT2D eigenvalue weighted by atomic mass is 32.2. The summed E-state index contributed by atoms with van der Waals surface area (Å²) in [5, 5.41) is 11.6. The van der Waals surface area contributed by atoms with Gasteiger partial charge in [0.25, 0.3) is 5.69 Å². The molecular formula is C16H16N2O5S. The van der Waals surface area contributed by atoms with E-state index in [9.17, 15) is 18.5 Å². The number of nitro benzene ring substituents is 1. The van der Waals surface area contributed by atoms with Crippen LogP contribution in [0, 0.1) is 16.0 Å². The Labute approximate surface area is 138 Å². The molecule has 0 bridgehead atoms. The number of non-ortho nitro benzene ring substituents is 1. The van der Waals surface area contributed by atoms with E-state index in [4.69, 9.17) is 4.42 Å². The van der Waals surface area contributed by atoms with Crippen molar-refractivity contribution in [1.82, 2.24) is 4.98 Å². The Morgan fingerprint density at radius 2 is 2.04 bits per heavy atom. The topological polar surface area (TPSA) is 106 Å². The first-order valence-corrected chi connectivity index (χ1v) is 9.01. The van der Waals surface area contributed by atoms with Crippen molar-refractivity contribution in [2.45, 2.75) is 18.7 Å². The van der Waals surface area contributed by atoms with E-state index in [-0.39, 0.29) is 22.3 Å². The summed E-state index contributed by atoms with van der Waals surface area (Å²) in [6.45, 7) is 3.58. The summed E-state index contributed by atoms with van der Waals surface area (Å²) < 4.78 is 30.6. The van der Waals surface area contributed by atoms with Gasteiger partial charge in [-0.3, -0.25) is 10.1 Å². The summed E-state index contributed by atoms with van der Waals surface area (Å²) in [7, 11) is -3.65. The molecule has 0 aliphatic rings. The number of nitrogens with zero attached hydrogens (tertiary/aromatic N) is 1. The summed E-state index contributed by atoms with van der Waals surface area (Å²) in [5.74, 6) is 0.360. The van der Waals surface area contributed by atoms with Crippen molar-refractivity contribution in [3.8, 4) is 11.5 Å². The molecular weight excluding hydrogens is 332 g/mol. The molecule has 3 aromatic rings. The minimum absolute atomic E-state index is 0.0329. The molecule has 0 unspecified atom stereocenters. The molecule has 0 fully saturated rings. The fourth-order valence-corrected chi connectivity index (χ4v) is 4.51. The van der Waals surface area contributed by atoms with Crippen LogP contribution in [0.5, 0.6) is 0 Å². The fraction of sp³-hybridized carbons (Fsp3) is 0.250. The zero-order valence-corrected chi connectivity index (χ0v) is 14.0. The molecule has 126 valence electrons. The lowest BCUT2D eigenvalue weighted by Gasteiger charge is -2.08. The SMILES string of the molecule is CC(C)CS(=O)(=O)c1cc([N+](=O)[O-])cc2[nH]c(-c3ccco3)cc12. The van der Waals surface area contributed by atoms with Gasteiger partial charge in [0.15, 0.2) is 9.84 Å². The zero-order valence-electron chi connectivity index (χ0n) is 13.1.